The number of nitrogens with zero attached hydrogens (tertiary/aromatic N) is 4. The normalized spacial score (nSPS) is 24.4. The molecule has 1 aromatic heterocycles. The number of urea groups is 1. The number of anilines is 1. The van der Waals surface area contributed by atoms with Crippen LogP contribution in [0.25, 0.3) is 11.4 Å². The third-order valence-electron chi connectivity index (χ3n) is 6.53. The first-order valence-electron chi connectivity index (χ1n) is 10.8. The van der Waals surface area contributed by atoms with E-state index in [1.54, 1.807) is 4.90 Å². The summed E-state index contributed by atoms with van der Waals surface area (Å²) in [5, 5.41) is 4.18. The Kier molecular flexibility index (Phi) is 5.85. The molecule has 3 heterocycles. The Morgan fingerprint density at radius 1 is 1.28 bits per heavy atom. The van der Waals surface area contributed by atoms with Gasteiger partial charge in [-0.3, -0.25) is 4.90 Å². The standard InChI is InChI=1S/C22H31N5O2/c1-3-4-12-20-24-21(25-29-20)18-10-5-6-11-19(18)27(22(23)28)17-13-15-8-7-9-16(14-17)26(15)2/h5-6,10-11,15-17H,3-4,7-9,12-14H2,1-2H3,(H2,23,28)/t15-,16+,17?. The van der Waals surface area contributed by atoms with Crippen LogP contribution >= 0.6 is 0 Å². The number of hydrogen-bond acceptors (Lipinski definition) is 5. The van der Waals surface area contributed by atoms with Crippen molar-refractivity contribution in [2.24, 2.45) is 5.73 Å². The molecule has 3 atom stereocenters. The maximum atomic E-state index is 12.6. The minimum atomic E-state index is -0.417. The average molecular weight is 398 g/mol. The second kappa shape index (κ2) is 8.53. The fraction of sp³-hybridized carbons (Fsp3) is 0.591. The molecule has 0 spiro atoms. The topological polar surface area (TPSA) is 88.5 Å². The van der Waals surface area contributed by atoms with E-state index in [9.17, 15) is 4.79 Å². The Hall–Kier alpha value is -2.41. The van der Waals surface area contributed by atoms with Gasteiger partial charge in [0, 0.05) is 30.1 Å². The van der Waals surface area contributed by atoms with Crippen molar-refractivity contribution >= 4 is 11.7 Å². The molecule has 7 heteroatoms. The molecule has 2 amide bonds. The fourth-order valence-corrected chi connectivity index (χ4v) is 4.96. The fourth-order valence-electron chi connectivity index (χ4n) is 4.96. The molecule has 2 aliphatic rings. The van der Waals surface area contributed by atoms with E-state index < -0.39 is 6.03 Å². The highest BCUT2D eigenvalue weighted by atomic mass is 16.5. The predicted molar refractivity (Wildman–Crippen MR) is 113 cm³/mol. The van der Waals surface area contributed by atoms with E-state index >= 15 is 0 Å². The summed E-state index contributed by atoms with van der Waals surface area (Å²) in [5.74, 6) is 1.15. The van der Waals surface area contributed by atoms with Crippen LogP contribution in [-0.2, 0) is 6.42 Å². The summed E-state index contributed by atoms with van der Waals surface area (Å²) in [6, 6.07) is 8.43. The molecule has 156 valence electrons. The van der Waals surface area contributed by atoms with Gasteiger partial charge in [0.2, 0.25) is 11.7 Å². The van der Waals surface area contributed by atoms with E-state index in [-0.39, 0.29) is 6.04 Å². The molecule has 0 saturated carbocycles. The number of para-hydroxylation sites is 1. The van der Waals surface area contributed by atoms with Crippen LogP contribution in [0.15, 0.2) is 28.8 Å². The number of benzene rings is 1. The lowest BCUT2D eigenvalue weighted by atomic mass is 9.81. The number of unbranched alkanes of at least 4 members (excludes halogenated alkanes) is 1. The number of fused-ring (bicyclic) bond motifs is 2. The van der Waals surface area contributed by atoms with Gasteiger partial charge < -0.3 is 15.2 Å². The smallest absolute Gasteiger partial charge is 0.319 e. The molecular weight excluding hydrogens is 366 g/mol. The summed E-state index contributed by atoms with van der Waals surface area (Å²) in [4.78, 5) is 21.4. The van der Waals surface area contributed by atoms with Crippen molar-refractivity contribution in [1.29, 1.82) is 0 Å². The van der Waals surface area contributed by atoms with Crippen molar-refractivity contribution in [3.63, 3.8) is 0 Å². The van der Waals surface area contributed by atoms with Gasteiger partial charge >= 0.3 is 6.03 Å². The first-order chi connectivity index (χ1) is 14.1. The molecular formula is C22H31N5O2. The lowest BCUT2D eigenvalue weighted by molar-refractivity contribution is 0.0564. The zero-order chi connectivity index (χ0) is 20.4. The van der Waals surface area contributed by atoms with Crippen molar-refractivity contribution < 1.29 is 9.32 Å². The Morgan fingerprint density at radius 2 is 2.00 bits per heavy atom. The van der Waals surface area contributed by atoms with Crippen molar-refractivity contribution in [3.8, 4) is 11.4 Å². The van der Waals surface area contributed by atoms with E-state index in [0.29, 0.717) is 23.8 Å². The molecule has 2 bridgehead atoms. The first-order valence-corrected chi connectivity index (χ1v) is 10.8. The predicted octanol–water partition coefficient (Wildman–Crippen LogP) is 3.98. The van der Waals surface area contributed by atoms with Gasteiger partial charge in [0.15, 0.2) is 0 Å². The molecule has 2 N–H and O–H groups in total. The molecule has 1 aromatic carbocycles. The largest absolute Gasteiger partial charge is 0.351 e. The number of carbonyl (C=O) groups is 1. The lowest BCUT2D eigenvalue weighted by Gasteiger charge is -2.49. The van der Waals surface area contributed by atoms with Crippen LogP contribution < -0.4 is 10.6 Å². The SMILES string of the molecule is CCCCc1nc(-c2ccccc2N(C(N)=O)C2C[C@H]3CCC[C@@H](C2)N3C)no1. The van der Waals surface area contributed by atoms with Crippen molar-refractivity contribution in [1.82, 2.24) is 15.0 Å². The Balaban J connectivity index is 1.65. The van der Waals surface area contributed by atoms with Gasteiger partial charge in [-0.25, -0.2) is 4.79 Å². The second-order valence-electron chi connectivity index (χ2n) is 8.37. The maximum absolute atomic E-state index is 12.6. The third-order valence-corrected chi connectivity index (χ3v) is 6.53. The quantitative estimate of drug-likeness (QED) is 0.796. The minimum Gasteiger partial charge on any atom is -0.351 e. The Bertz CT molecular complexity index is 837. The summed E-state index contributed by atoms with van der Waals surface area (Å²) < 4.78 is 5.43. The van der Waals surface area contributed by atoms with E-state index in [4.69, 9.17) is 10.3 Å². The zero-order valence-corrected chi connectivity index (χ0v) is 17.4. The van der Waals surface area contributed by atoms with Crippen LogP contribution in [0.2, 0.25) is 0 Å². The van der Waals surface area contributed by atoms with E-state index in [1.807, 2.05) is 24.3 Å². The number of amides is 2. The Labute approximate surface area is 172 Å². The minimum absolute atomic E-state index is 0.0895. The Morgan fingerprint density at radius 3 is 2.69 bits per heavy atom. The van der Waals surface area contributed by atoms with Gasteiger partial charge in [-0.2, -0.15) is 4.98 Å². The van der Waals surface area contributed by atoms with Gasteiger partial charge in [-0.05, 0) is 51.3 Å². The van der Waals surface area contributed by atoms with Crippen LogP contribution in [0, 0.1) is 0 Å². The van der Waals surface area contributed by atoms with Crippen LogP contribution in [0.3, 0.4) is 0 Å². The molecule has 1 unspecified atom stereocenters. The summed E-state index contributed by atoms with van der Waals surface area (Å²) in [5.41, 5.74) is 7.48. The van der Waals surface area contributed by atoms with Gasteiger partial charge in [0.1, 0.15) is 0 Å². The second-order valence-corrected chi connectivity index (χ2v) is 8.37. The molecule has 2 aromatic rings. The number of hydrogen-bond donors (Lipinski definition) is 1. The molecule has 2 saturated heterocycles. The highest BCUT2D eigenvalue weighted by Gasteiger charge is 2.40. The number of piperidine rings is 2. The van der Waals surface area contributed by atoms with Gasteiger partial charge in [0.25, 0.3) is 0 Å². The molecule has 0 radical (unpaired) electrons. The van der Waals surface area contributed by atoms with E-state index in [0.717, 1.165) is 43.4 Å². The highest BCUT2D eigenvalue weighted by Crippen LogP contribution is 2.38. The number of aromatic nitrogens is 2. The number of aryl methyl sites for hydroxylation is 1. The summed E-state index contributed by atoms with van der Waals surface area (Å²) in [7, 11) is 2.21. The summed E-state index contributed by atoms with van der Waals surface area (Å²) in [6.07, 6.45) is 8.37. The molecule has 0 aliphatic carbocycles. The molecule has 7 nitrogen and oxygen atoms in total. The van der Waals surface area contributed by atoms with Gasteiger partial charge in [-0.1, -0.05) is 37.1 Å². The summed E-state index contributed by atoms with van der Waals surface area (Å²) >= 11 is 0. The molecule has 2 aliphatic heterocycles. The molecule has 2 fully saturated rings. The average Bonchev–Trinajstić information content (AvgIpc) is 3.16. The number of nitrogens with two attached hydrogens (primary N) is 1. The van der Waals surface area contributed by atoms with Crippen LogP contribution in [-0.4, -0.2) is 46.2 Å². The molecule has 29 heavy (non-hydrogen) atoms. The lowest BCUT2D eigenvalue weighted by Crippen LogP contribution is -2.57. The van der Waals surface area contributed by atoms with Crippen LogP contribution in [0.5, 0.6) is 0 Å². The number of rotatable bonds is 6. The maximum Gasteiger partial charge on any atom is 0.319 e. The monoisotopic (exact) mass is 397 g/mol. The van der Waals surface area contributed by atoms with Gasteiger partial charge in [0.05, 0.1) is 5.69 Å². The van der Waals surface area contributed by atoms with Gasteiger partial charge in [-0.15, -0.1) is 0 Å². The van der Waals surface area contributed by atoms with E-state index in [1.165, 1.54) is 19.3 Å². The van der Waals surface area contributed by atoms with E-state index in [2.05, 4.69) is 29.0 Å². The summed E-state index contributed by atoms with van der Waals surface area (Å²) in [6.45, 7) is 2.13. The molecule has 4 rings (SSSR count). The number of primary amides is 1. The third kappa shape index (κ3) is 4.01. The van der Waals surface area contributed by atoms with Crippen molar-refractivity contribution in [3.05, 3.63) is 30.2 Å². The van der Waals surface area contributed by atoms with Crippen molar-refractivity contribution in [2.45, 2.75) is 76.4 Å². The zero-order valence-electron chi connectivity index (χ0n) is 17.4. The number of carbonyl (C=O) groups excluding carboxylic acids is 1. The van der Waals surface area contributed by atoms with Crippen LogP contribution in [0.1, 0.15) is 57.8 Å². The first kappa shape index (κ1) is 19.9. The van der Waals surface area contributed by atoms with Crippen LogP contribution in [0.4, 0.5) is 10.5 Å². The highest BCUT2D eigenvalue weighted by molar-refractivity contribution is 5.95. The van der Waals surface area contributed by atoms with Crippen molar-refractivity contribution in [2.75, 3.05) is 11.9 Å².